The first-order valence-electron chi connectivity index (χ1n) is 12.1. The summed E-state index contributed by atoms with van der Waals surface area (Å²) in [7, 11) is 0. The standard InChI is InChI=1S/C29H33N5/c1-21-5-10-25-26(19-21)28(32-31-27(25)20-22-11-13-30-14-12-22)34-17-15-33(16-18-34)24-8-6-23(7-9-24)29(2,3)4/h5-14,19H,15-18,20H2,1-4H3. The Morgan fingerprint density at radius 3 is 2.12 bits per heavy atom. The molecule has 0 spiro atoms. The fourth-order valence-electron chi connectivity index (χ4n) is 4.72. The molecule has 3 heterocycles. The SMILES string of the molecule is Cc1ccc2c(Cc3ccncc3)nnc(N3CCN(c4ccc(C(C)(C)C)cc4)CC3)c2c1. The van der Waals surface area contributed by atoms with Crippen molar-refractivity contribution in [2.75, 3.05) is 36.0 Å². The summed E-state index contributed by atoms with van der Waals surface area (Å²) < 4.78 is 0. The number of nitrogens with zero attached hydrogens (tertiary/aromatic N) is 5. The minimum atomic E-state index is 0.179. The van der Waals surface area contributed by atoms with Crippen LogP contribution in [0.5, 0.6) is 0 Å². The lowest BCUT2D eigenvalue weighted by Crippen LogP contribution is -2.47. The molecule has 0 radical (unpaired) electrons. The van der Waals surface area contributed by atoms with Gasteiger partial charge in [-0.05, 0) is 53.8 Å². The van der Waals surface area contributed by atoms with Crippen LogP contribution < -0.4 is 9.80 Å². The predicted octanol–water partition coefficient (Wildman–Crippen LogP) is 5.55. The fourth-order valence-corrected chi connectivity index (χ4v) is 4.72. The van der Waals surface area contributed by atoms with Gasteiger partial charge >= 0.3 is 0 Å². The molecule has 0 N–H and O–H groups in total. The zero-order valence-electron chi connectivity index (χ0n) is 20.6. The lowest BCUT2D eigenvalue weighted by Gasteiger charge is -2.37. The van der Waals surface area contributed by atoms with Crippen LogP contribution in [-0.2, 0) is 11.8 Å². The maximum absolute atomic E-state index is 4.75. The predicted molar refractivity (Wildman–Crippen MR) is 141 cm³/mol. The van der Waals surface area contributed by atoms with Crippen LogP contribution in [0.15, 0.2) is 67.0 Å². The fraction of sp³-hybridized carbons (Fsp3) is 0.345. The second kappa shape index (κ2) is 9.05. The van der Waals surface area contributed by atoms with Gasteiger partial charge in [-0.3, -0.25) is 4.98 Å². The molecular formula is C29H33N5. The van der Waals surface area contributed by atoms with Crippen molar-refractivity contribution < 1.29 is 0 Å². The molecule has 0 aliphatic carbocycles. The molecule has 0 atom stereocenters. The summed E-state index contributed by atoms with van der Waals surface area (Å²) in [6.07, 6.45) is 4.42. The molecule has 0 bridgehead atoms. The highest BCUT2D eigenvalue weighted by atomic mass is 15.3. The van der Waals surface area contributed by atoms with Crippen LogP contribution in [-0.4, -0.2) is 41.4 Å². The van der Waals surface area contributed by atoms with Crippen molar-refractivity contribution in [1.82, 2.24) is 15.2 Å². The summed E-state index contributed by atoms with van der Waals surface area (Å²) in [4.78, 5) is 9.00. The minimum Gasteiger partial charge on any atom is -0.368 e. The number of anilines is 2. The van der Waals surface area contributed by atoms with E-state index in [1.165, 1.54) is 33.2 Å². The molecule has 0 saturated carbocycles. The zero-order valence-corrected chi connectivity index (χ0v) is 20.6. The van der Waals surface area contributed by atoms with Crippen molar-refractivity contribution in [3.8, 4) is 0 Å². The molecule has 1 fully saturated rings. The smallest absolute Gasteiger partial charge is 0.159 e. The Morgan fingerprint density at radius 1 is 0.765 bits per heavy atom. The molecule has 1 aliphatic rings. The maximum atomic E-state index is 4.75. The molecule has 4 aromatic rings. The first-order valence-corrected chi connectivity index (χ1v) is 12.1. The molecule has 5 heteroatoms. The topological polar surface area (TPSA) is 45.2 Å². The van der Waals surface area contributed by atoms with Crippen LogP contribution in [0.3, 0.4) is 0 Å². The molecule has 5 nitrogen and oxygen atoms in total. The molecular weight excluding hydrogens is 418 g/mol. The molecule has 0 amide bonds. The Bertz CT molecular complexity index is 1270. The summed E-state index contributed by atoms with van der Waals surface area (Å²) >= 11 is 0. The number of hydrogen-bond donors (Lipinski definition) is 0. The number of pyridine rings is 1. The van der Waals surface area contributed by atoms with Crippen LogP contribution in [0.2, 0.25) is 0 Å². The summed E-state index contributed by atoms with van der Waals surface area (Å²) in [5, 5.41) is 11.8. The summed E-state index contributed by atoms with van der Waals surface area (Å²) in [5.41, 5.74) is 6.31. The van der Waals surface area contributed by atoms with E-state index in [1.807, 2.05) is 24.5 Å². The van der Waals surface area contributed by atoms with Crippen LogP contribution in [0.1, 0.15) is 43.2 Å². The highest BCUT2D eigenvalue weighted by Gasteiger charge is 2.22. The van der Waals surface area contributed by atoms with Gasteiger partial charge in [0.15, 0.2) is 5.82 Å². The van der Waals surface area contributed by atoms with E-state index in [2.05, 4.69) is 84.9 Å². The Kier molecular flexibility index (Phi) is 5.94. The number of aromatic nitrogens is 3. The number of fused-ring (bicyclic) bond motifs is 1. The Balaban J connectivity index is 1.37. The lowest BCUT2D eigenvalue weighted by molar-refractivity contribution is 0.589. The molecule has 0 unspecified atom stereocenters. The van der Waals surface area contributed by atoms with E-state index in [1.54, 1.807) is 0 Å². The maximum Gasteiger partial charge on any atom is 0.159 e. The largest absolute Gasteiger partial charge is 0.368 e. The molecule has 2 aromatic carbocycles. The van der Waals surface area contributed by atoms with Gasteiger partial charge in [0.1, 0.15) is 0 Å². The van der Waals surface area contributed by atoms with Crippen LogP contribution in [0.25, 0.3) is 10.8 Å². The zero-order chi connectivity index (χ0) is 23.7. The average molecular weight is 452 g/mol. The second-order valence-corrected chi connectivity index (χ2v) is 10.3. The average Bonchev–Trinajstić information content (AvgIpc) is 2.84. The van der Waals surface area contributed by atoms with Gasteiger partial charge in [0, 0.05) is 61.5 Å². The molecule has 2 aromatic heterocycles. The van der Waals surface area contributed by atoms with Crippen molar-refractivity contribution in [2.24, 2.45) is 0 Å². The highest BCUT2D eigenvalue weighted by molar-refractivity contribution is 5.94. The number of aryl methyl sites for hydroxylation is 1. The second-order valence-electron chi connectivity index (χ2n) is 10.3. The van der Waals surface area contributed by atoms with Gasteiger partial charge in [-0.15, -0.1) is 5.10 Å². The van der Waals surface area contributed by atoms with Crippen LogP contribution in [0.4, 0.5) is 11.5 Å². The van der Waals surface area contributed by atoms with E-state index in [0.717, 1.165) is 44.1 Å². The van der Waals surface area contributed by atoms with Gasteiger partial charge in [0.2, 0.25) is 0 Å². The Morgan fingerprint density at radius 2 is 1.44 bits per heavy atom. The third-order valence-electron chi connectivity index (χ3n) is 6.79. The molecule has 1 saturated heterocycles. The molecule has 1 aliphatic heterocycles. The third-order valence-corrected chi connectivity index (χ3v) is 6.79. The van der Waals surface area contributed by atoms with E-state index in [4.69, 9.17) is 10.2 Å². The van der Waals surface area contributed by atoms with Crippen molar-refractivity contribution in [2.45, 2.75) is 39.5 Å². The van der Waals surface area contributed by atoms with E-state index < -0.39 is 0 Å². The summed E-state index contributed by atoms with van der Waals surface area (Å²) in [6, 6.07) is 19.8. The molecule has 5 rings (SSSR count). The minimum absolute atomic E-state index is 0.179. The monoisotopic (exact) mass is 451 g/mol. The summed E-state index contributed by atoms with van der Waals surface area (Å²) in [5.74, 6) is 1.000. The van der Waals surface area contributed by atoms with Gasteiger partial charge in [-0.2, -0.15) is 5.10 Å². The lowest BCUT2D eigenvalue weighted by atomic mass is 9.87. The van der Waals surface area contributed by atoms with E-state index in [-0.39, 0.29) is 5.41 Å². The van der Waals surface area contributed by atoms with E-state index >= 15 is 0 Å². The number of hydrogen-bond acceptors (Lipinski definition) is 5. The van der Waals surface area contributed by atoms with Crippen molar-refractivity contribution in [3.05, 3.63) is 89.4 Å². The third kappa shape index (κ3) is 4.60. The van der Waals surface area contributed by atoms with Crippen molar-refractivity contribution in [3.63, 3.8) is 0 Å². The van der Waals surface area contributed by atoms with Crippen molar-refractivity contribution in [1.29, 1.82) is 0 Å². The van der Waals surface area contributed by atoms with Crippen molar-refractivity contribution >= 4 is 22.3 Å². The quantitative estimate of drug-likeness (QED) is 0.407. The van der Waals surface area contributed by atoms with Gasteiger partial charge in [-0.1, -0.05) is 50.6 Å². The summed E-state index contributed by atoms with van der Waals surface area (Å²) in [6.45, 7) is 12.7. The van der Waals surface area contributed by atoms with Crippen LogP contribution >= 0.6 is 0 Å². The number of piperazine rings is 1. The van der Waals surface area contributed by atoms with Gasteiger partial charge in [-0.25, -0.2) is 0 Å². The molecule has 174 valence electrons. The first kappa shape index (κ1) is 22.3. The Labute approximate surface area is 202 Å². The number of benzene rings is 2. The van der Waals surface area contributed by atoms with E-state index in [0.29, 0.717) is 0 Å². The highest BCUT2D eigenvalue weighted by Crippen LogP contribution is 2.30. The molecule has 34 heavy (non-hydrogen) atoms. The van der Waals surface area contributed by atoms with Gasteiger partial charge < -0.3 is 9.80 Å². The van der Waals surface area contributed by atoms with Gasteiger partial charge in [0.05, 0.1) is 5.69 Å². The normalized spacial score (nSPS) is 14.6. The van der Waals surface area contributed by atoms with Crippen LogP contribution in [0, 0.1) is 6.92 Å². The number of rotatable bonds is 4. The van der Waals surface area contributed by atoms with Gasteiger partial charge in [0.25, 0.3) is 0 Å². The Hall–Kier alpha value is -3.47. The van der Waals surface area contributed by atoms with E-state index in [9.17, 15) is 0 Å². The first-order chi connectivity index (χ1) is 16.4.